The van der Waals surface area contributed by atoms with Crippen molar-refractivity contribution in [1.82, 2.24) is 14.5 Å². The topological polar surface area (TPSA) is 30.7 Å². The summed E-state index contributed by atoms with van der Waals surface area (Å²) in [6, 6.07) is 2.63. The average Bonchev–Trinajstić information content (AvgIpc) is 2.87. The zero-order valence-electron chi connectivity index (χ0n) is 12.1. The van der Waals surface area contributed by atoms with Crippen LogP contribution in [-0.4, -0.2) is 14.5 Å². The maximum atomic E-state index is 6.10. The van der Waals surface area contributed by atoms with Crippen LogP contribution in [0.1, 0.15) is 57.3 Å². The molecule has 1 saturated carbocycles. The van der Waals surface area contributed by atoms with Gasteiger partial charge in [0.25, 0.3) is 0 Å². The molecular formula is C16H22ClN3. The summed E-state index contributed by atoms with van der Waals surface area (Å²) in [5.74, 6) is 2.39. The van der Waals surface area contributed by atoms with E-state index in [1.54, 1.807) is 0 Å². The first-order valence-corrected chi connectivity index (χ1v) is 8.23. The summed E-state index contributed by atoms with van der Waals surface area (Å²) < 4.78 is 2.37. The molecule has 1 fully saturated rings. The first kappa shape index (κ1) is 13.9. The van der Waals surface area contributed by atoms with Gasteiger partial charge in [0, 0.05) is 12.2 Å². The number of hydrogen-bond acceptors (Lipinski definition) is 2. The standard InChI is InChI=1S/C16H22ClN3/c1-2-3-12-4-6-13(7-5-12)20-15-8-9-18-11-14(15)19-16(20)10-17/h8-9,11-13H,2-7,10H2,1H3. The van der Waals surface area contributed by atoms with Crippen molar-refractivity contribution >= 4 is 22.6 Å². The summed E-state index contributed by atoms with van der Waals surface area (Å²) in [4.78, 5) is 8.79. The number of aromatic nitrogens is 3. The fraction of sp³-hybridized carbons (Fsp3) is 0.625. The molecule has 3 rings (SSSR count). The van der Waals surface area contributed by atoms with Crippen LogP contribution in [0.3, 0.4) is 0 Å². The number of pyridine rings is 1. The van der Waals surface area contributed by atoms with E-state index in [4.69, 9.17) is 11.6 Å². The lowest BCUT2D eigenvalue weighted by Crippen LogP contribution is -2.19. The van der Waals surface area contributed by atoms with Crippen molar-refractivity contribution in [2.75, 3.05) is 0 Å². The summed E-state index contributed by atoms with van der Waals surface area (Å²) in [6.45, 7) is 2.29. The van der Waals surface area contributed by atoms with E-state index in [0.717, 1.165) is 17.3 Å². The second-order valence-corrected chi connectivity index (χ2v) is 6.13. The quantitative estimate of drug-likeness (QED) is 0.764. The lowest BCUT2D eigenvalue weighted by Gasteiger charge is -2.30. The lowest BCUT2D eigenvalue weighted by molar-refractivity contribution is 0.263. The van der Waals surface area contributed by atoms with Crippen molar-refractivity contribution in [2.45, 2.75) is 57.4 Å². The lowest BCUT2D eigenvalue weighted by atomic mass is 9.83. The van der Waals surface area contributed by atoms with Crippen LogP contribution in [0, 0.1) is 5.92 Å². The number of nitrogens with zero attached hydrogens (tertiary/aromatic N) is 3. The van der Waals surface area contributed by atoms with Crippen LogP contribution in [0.15, 0.2) is 18.5 Å². The molecule has 0 spiro atoms. The predicted octanol–water partition coefficient (Wildman–Crippen LogP) is 4.70. The van der Waals surface area contributed by atoms with Gasteiger partial charge in [0.2, 0.25) is 0 Å². The number of halogens is 1. The van der Waals surface area contributed by atoms with Gasteiger partial charge in [0.05, 0.1) is 17.6 Å². The van der Waals surface area contributed by atoms with Crippen molar-refractivity contribution in [2.24, 2.45) is 5.92 Å². The van der Waals surface area contributed by atoms with E-state index in [-0.39, 0.29) is 0 Å². The average molecular weight is 292 g/mol. The SMILES string of the molecule is CCCC1CCC(n2c(CCl)nc3cnccc32)CC1. The van der Waals surface area contributed by atoms with E-state index in [1.807, 2.05) is 12.4 Å². The van der Waals surface area contributed by atoms with Crippen LogP contribution in [-0.2, 0) is 5.88 Å². The number of fused-ring (bicyclic) bond motifs is 1. The third-order valence-electron chi connectivity index (χ3n) is 4.56. The molecule has 0 atom stereocenters. The minimum Gasteiger partial charge on any atom is -0.324 e. The zero-order valence-corrected chi connectivity index (χ0v) is 12.8. The fourth-order valence-corrected chi connectivity index (χ4v) is 3.79. The van der Waals surface area contributed by atoms with Crippen LogP contribution in [0.2, 0.25) is 0 Å². The maximum absolute atomic E-state index is 6.10. The van der Waals surface area contributed by atoms with E-state index in [0.29, 0.717) is 11.9 Å². The summed E-state index contributed by atoms with van der Waals surface area (Å²) in [7, 11) is 0. The highest BCUT2D eigenvalue weighted by Crippen LogP contribution is 2.37. The number of imidazole rings is 1. The third kappa shape index (κ3) is 2.56. The molecule has 2 aromatic heterocycles. The number of hydrogen-bond donors (Lipinski definition) is 0. The molecule has 2 heterocycles. The summed E-state index contributed by atoms with van der Waals surface area (Å²) in [5, 5.41) is 0. The largest absolute Gasteiger partial charge is 0.324 e. The number of rotatable bonds is 4. The third-order valence-corrected chi connectivity index (χ3v) is 4.80. The van der Waals surface area contributed by atoms with Gasteiger partial charge in [0.15, 0.2) is 0 Å². The highest BCUT2D eigenvalue weighted by atomic mass is 35.5. The van der Waals surface area contributed by atoms with Gasteiger partial charge in [-0.25, -0.2) is 4.98 Å². The Hall–Kier alpha value is -1.09. The molecule has 1 aliphatic rings. The number of alkyl halides is 1. The Morgan fingerprint density at radius 1 is 1.30 bits per heavy atom. The monoisotopic (exact) mass is 291 g/mol. The van der Waals surface area contributed by atoms with Crippen molar-refractivity contribution in [3.8, 4) is 0 Å². The van der Waals surface area contributed by atoms with Crippen LogP contribution >= 0.6 is 11.6 Å². The Labute approximate surface area is 125 Å². The minimum absolute atomic E-state index is 0.476. The molecule has 0 aromatic carbocycles. The molecule has 0 bridgehead atoms. The van der Waals surface area contributed by atoms with E-state index < -0.39 is 0 Å². The van der Waals surface area contributed by atoms with Gasteiger partial charge in [-0.15, -0.1) is 11.6 Å². The molecular weight excluding hydrogens is 270 g/mol. The van der Waals surface area contributed by atoms with Gasteiger partial charge in [-0.05, 0) is 37.7 Å². The first-order valence-electron chi connectivity index (χ1n) is 7.70. The molecule has 2 aromatic rings. The maximum Gasteiger partial charge on any atom is 0.125 e. The highest BCUT2D eigenvalue weighted by molar-refractivity contribution is 6.16. The van der Waals surface area contributed by atoms with Gasteiger partial charge in [-0.2, -0.15) is 0 Å². The van der Waals surface area contributed by atoms with Crippen molar-refractivity contribution in [3.05, 3.63) is 24.3 Å². The van der Waals surface area contributed by atoms with Gasteiger partial charge in [0.1, 0.15) is 11.3 Å². The first-order chi connectivity index (χ1) is 9.83. The smallest absolute Gasteiger partial charge is 0.125 e. The molecule has 4 heteroatoms. The molecule has 0 unspecified atom stereocenters. The Kier molecular flexibility index (Phi) is 4.25. The molecule has 0 radical (unpaired) electrons. The molecule has 3 nitrogen and oxygen atoms in total. The molecule has 0 aliphatic heterocycles. The van der Waals surface area contributed by atoms with E-state index >= 15 is 0 Å². The summed E-state index contributed by atoms with van der Waals surface area (Å²) >= 11 is 6.10. The fourth-order valence-electron chi connectivity index (χ4n) is 3.60. The minimum atomic E-state index is 0.476. The molecule has 20 heavy (non-hydrogen) atoms. The Morgan fingerprint density at radius 3 is 2.80 bits per heavy atom. The van der Waals surface area contributed by atoms with Crippen LogP contribution in [0.25, 0.3) is 11.0 Å². The van der Waals surface area contributed by atoms with E-state index in [2.05, 4.69) is 27.5 Å². The Morgan fingerprint density at radius 2 is 2.10 bits per heavy atom. The highest BCUT2D eigenvalue weighted by Gasteiger charge is 2.25. The van der Waals surface area contributed by atoms with Gasteiger partial charge in [-0.3, -0.25) is 4.98 Å². The molecule has 0 N–H and O–H groups in total. The molecule has 1 aliphatic carbocycles. The van der Waals surface area contributed by atoms with Gasteiger partial charge >= 0.3 is 0 Å². The Balaban J connectivity index is 1.87. The van der Waals surface area contributed by atoms with Crippen LogP contribution in [0.5, 0.6) is 0 Å². The molecule has 108 valence electrons. The molecule has 0 amide bonds. The van der Waals surface area contributed by atoms with Crippen LogP contribution < -0.4 is 0 Å². The zero-order chi connectivity index (χ0) is 13.9. The second-order valence-electron chi connectivity index (χ2n) is 5.86. The van der Waals surface area contributed by atoms with Gasteiger partial charge < -0.3 is 4.57 Å². The molecule has 0 saturated heterocycles. The van der Waals surface area contributed by atoms with E-state index in [9.17, 15) is 0 Å². The van der Waals surface area contributed by atoms with Crippen molar-refractivity contribution in [1.29, 1.82) is 0 Å². The second kappa shape index (κ2) is 6.13. The summed E-state index contributed by atoms with van der Waals surface area (Å²) in [6.07, 6.45) is 11.6. The predicted molar refractivity (Wildman–Crippen MR) is 83.0 cm³/mol. The van der Waals surface area contributed by atoms with Crippen molar-refractivity contribution in [3.63, 3.8) is 0 Å². The van der Waals surface area contributed by atoms with Crippen molar-refractivity contribution < 1.29 is 0 Å². The normalized spacial score (nSPS) is 23.3. The summed E-state index contributed by atoms with van der Waals surface area (Å²) in [5.41, 5.74) is 2.16. The van der Waals surface area contributed by atoms with Gasteiger partial charge in [-0.1, -0.05) is 19.8 Å². The van der Waals surface area contributed by atoms with E-state index in [1.165, 1.54) is 44.0 Å². The Bertz CT molecular complexity index is 570. The van der Waals surface area contributed by atoms with Crippen LogP contribution in [0.4, 0.5) is 0 Å².